The van der Waals surface area contributed by atoms with Crippen LogP contribution in [0.3, 0.4) is 0 Å². The zero-order valence-corrected chi connectivity index (χ0v) is 15.7. The molecule has 3 rings (SSSR count). The normalized spacial score (nSPS) is 18.9. The summed E-state index contributed by atoms with van der Waals surface area (Å²) in [4.78, 5) is 15.1. The molecule has 0 N–H and O–H groups in total. The Morgan fingerprint density at radius 3 is 1.63 bits per heavy atom. The third-order valence-corrected chi connectivity index (χ3v) is 4.59. The van der Waals surface area contributed by atoms with E-state index in [1.54, 1.807) is 0 Å². The number of benzene rings is 2. The molecule has 0 aromatic heterocycles. The Kier molecular flexibility index (Phi) is 6.72. The van der Waals surface area contributed by atoms with Crippen molar-refractivity contribution in [2.24, 2.45) is 0 Å². The summed E-state index contributed by atoms with van der Waals surface area (Å²) in [5, 5.41) is 0. The number of piperidine rings is 1. The van der Waals surface area contributed by atoms with Crippen LogP contribution in [0.15, 0.2) is 96.1 Å². The first-order chi connectivity index (χ1) is 13.3. The molecule has 1 fully saturated rings. The summed E-state index contributed by atoms with van der Waals surface area (Å²) < 4.78 is 0. The molecule has 0 amide bonds. The fourth-order valence-corrected chi connectivity index (χ4v) is 3.05. The number of carbonyl (C=O) groups excluding carboxylic acids is 1. The number of hydrogen-bond acceptors (Lipinski definition) is 2. The van der Waals surface area contributed by atoms with Gasteiger partial charge in [-0.25, -0.2) is 0 Å². The molecule has 1 heterocycles. The molecule has 1 aliphatic heterocycles. The number of nitrogens with zero attached hydrogens (tertiary/aromatic N) is 1. The van der Waals surface area contributed by atoms with E-state index in [2.05, 4.69) is 36.1 Å². The first-order valence-corrected chi connectivity index (χ1v) is 9.38. The van der Waals surface area contributed by atoms with Crippen molar-refractivity contribution in [2.45, 2.75) is 6.92 Å². The van der Waals surface area contributed by atoms with Crippen molar-refractivity contribution in [1.29, 1.82) is 0 Å². The van der Waals surface area contributed by atoms with Crippen LogP contribution in [0.25, 0.3) is 12.2 Å². The Morgan fingerprint density at radius 1 is 0.778 bits per heavy atom. The van der Waals surface area contributed by atoms with E-state index in [0.29, 0.717) is 13.1 Å². The van der Waals surface area contributed by atoms with E-state index < -0.39 is 0 Å². The lowest BCUT2D eigenvalue weighted by molar-refractivity contribution is -0.113. The van der Waals surface area contributed by atoms with Crippen LogP contribution < -0.4 is 0 Å². The summed E-state index contributed by atoms with van der Waals surface area (Å²) in [5.74, 6) is 0.148. The molecule has 2 aromatic rings. The number of carbonyl (C=O) groups is 1. The monoisotopic (exact) mass is 355 g/mol. The predicted octanol–water partition coefficient (Wildman–Crippen LogP) is 5.17. The number of hydrogen-bond donors (Lipinski definition) is 0. The summed E-state index contributed by atoms with van der Waals surface area (Å²) in [6, 6.07) is 20.2. The Labute approximate surface area is 161 Å². The average molecular weight is 355 g/mol. The second-order valence-corrected chi connectivity index (χ2v) is 6.56. The number of Topliss-reactive ketones (excluding diaryl/α,β-unsaturated/α-hetero) is 1. The second kappa shape index (κ2) is 9.65. The van der Waals surface area contributed by atoms with Crippen LogP contribution in [0.4, 0.5) is 0 Å². The van der Waals surface area contributed by atoms with Gasteiger partial charge in [-0.05, 0) is 17.7 Å². The van der Waals surface area contributed by atoms with Gasteiger partial charge < -0.3 is 0 Å². The first kappa shape index (κ1) is 18.8. The minimum atomic E-state index is 0.148. The van der Waals surface area contributed by atoms with Crippen LogP contribution in [0.1, 0.15) is 18.1 Å². The van der Waals surface area contributed by atoms with Gasteiger partial charge in [0.05, 0.1) is 0 Å². The van der Waals surface area contributed by atoms with E-state index in [1.807, 2.05) is 72.9 Å². The molecule has 0 bridgehead atoms. The highest BCUT2D eigenvalue weighted by Crippen LogP contribution is 2.18. The molecule has 2 heteroatoms. The van der Waals surface area contributed by atoms with Gasteiger partial charge in [0.25, 0.3) is 0 Å². The smallest absolute Gasteiger partial charge is 0.187 e. The lowest BCUT2D eigenvalue weighted by Crippen LogP contribution is -2.37. The van der Waals surface area contributed by atoms with E-state index in [9.17, 15) is 4.79 Å². The number of likely N-dealkylation sites (N-methyl/N-ethyl adjacent to an activating group) is 1. The largest absolute Gasteiger partial charge is 0.295 e. The number of ketones is 1. The molecule has 1 saturated heterocycles. The van der Waals surface area contributed by atoms with Crippen molar-refractivity contribution in [3.63, 3.8) is 0 Å². The Hall–Kier alpha value is -2.97. The Morgan fingerprint density at radius 2 is 1.22 bits per heavy atom. The van der Waals surface area contributed by atoms with Gasteiger partial charge in [0.2, 0.25) is 0 Å². The maximum Gasteiger partial charge on any atom is 0.187 e. The third-order valence-electron chi connectivity index (χ3n) is 4.59. The first-order valence-electron chi connectivity index (χ1n) is 9.38. The molecular formula is C25H25NO. The van der Waals surface area contributed by atoms with Gasteiger partial charge in [-0.1, -0.05) is 104 Å². The molecule has 0 spiro atoms. The molecule has 0 aliphatic carbocycles. The zero-order chi connectivity index (χ0) is 18.9. The summed E-state index contributed by atoms with van der Waals surface area (Å²) in [5.41, 5.74) is 3.95. The lowest BCUT2D eigenvalue weighted by Gasteiger charge is -2.28. The van der Waals surface area contributed by atoms with Crippen LogP contribution in [0.2, 0.25) is 0 Å². The Balaban J connectivity index is 1.76. The van der Waals surface area contributed by atoms with Gasteiger partial charge in [-0.15, -0.1) is 0 Å². The topological polar surface area (TPSA) is 20.3 Å². The minimum absolute atomic E-state index is 0.148. The van der Waals surface area contributed by atoms with Gasteiger partial charge in [-0.3, -0.25) is 9.69 Å². The highest BCUT2D eigenvalue weighted by Gasteiger charge is 2.24. The molecule has 2 aromatic carbocycles. The van der Waals surface area contributed by atoms with Crippen LogP contribution >= 0.6 is 0 Å². The van der Waals surface area contributed by atoms with E-state index in [4.69, 9.17) is 0 Å². The molecule has 2 nitrogen and oxygen atoms in total. The van der Waals surface area contributed by atoms with Crippen molar-refractivity contribution < 1.29 is 4.79 Å². The lowest BCUT2D eigenvalue weighted by atomic mass is 9.96. The van der Waals surface area contributed by atoms with Gasteiger partial charge in [0, 0.05) is 24.2 Å². The van der Waals surface area contributed by atoms with Crippen molar-refractivity contribution in [2.75, 3.05) is 19.6 Å². The highest BCUT2D eigenvalue weighted by molar-refractivity contribution is 6.10. The van der Waals surface area contributed by atoms with Gasteiger partial charge in [-0.2, -0.15) is 0 Å². The maximum absolute atomic E-state index is 12.8. The number of likely N-dealkylation sites (tertiary alicyclic amines) is 1. The van der Waals surface area contributed by atoms with Crippen LogP contribution in [-0.4, -0.2) is 30.3 Å². The van der Waals surface area contributed by atoms with E-state index in [0.717, 1.165) is 28.8 Å². The fourth-order valence-electron chi connectivity index (χ4n) is 3.05. The number of allylic oxidation sites excluding steroid dienone is 4. The molecule has 0 radical (unpaired) electrons. The molecule has 136 valence electrons. The van der Waals surface area contributed by atoms with Crippen LogP contribution in [0.5, 0.6) is 0 Å². The highest BCUT2D eigenvalue weighted by atomic mass is 16.1. The maximum atomic E-state index is 12.8. The molecule has 27 heavy (non-hydrogen) atoms. The van der Waals surface area contributed by atoms with Gasteiger partial charge in [0.1, 0.15) is 0 Å². The van der Waals surface area contributed by atoms with E-state index in [-0.39, 0.29) is 5.78 Å². The standard InChI is InChI=1S/C25H25NO/c1-2-26-19-23(17-9-15-21-11-5-3-6-12-21)25(27)24(20-26)18-10-16-22-13-7-4-8-14-22/h3-18H,2,19-20H2,1H3/b15-9+,16-10+,23-17+,24-18+. The van der Waals surface area contributed by atoms with Crippen LogP contribution in [0, 0.1) is 0 Å². The second-order valence-electron chi connectivity index (χ2n) is 6.56. The summed E-state index contributed by atoms with van der Waals surface area (Å²) in [6.45, 7) is 4.46. The van der Waals surface area contributed by atoms with Crippen molar-refractivity contribution >= 4 is 17.9 Å². The van der Waals surface area contributed by atoms with Crippen molar-refractivity contribution in [3.8, 4) is 0 Å². The van der Waals surface area contributed by atoms with E-state index >= 15 is 0 Å². The molecule has 0 saturated carbocycles. The summed E-state index contributed by atoms with van der Waals surface area (Å²) in [7, 11) is 0. The molecule has 0 unspecified atom stereocenters. The molecule has 1 aliphatic rings. The quantitative estimate of drug-likeness (QED) is 0.690. The minimum Gasteiger partial charge on any atom is -0.295 e. The summed E-state index contributed by atoms with van der Waals surface area (Å²) >= 11 is 0. The molecular weight excluding hydrogens is 330 g/mol. The molecule has 0 atom stereocenters. The van der Waals surface area contributed by atoms with Crippen molar-refractivity contribution in [3.05, 3.63) is 107 Å². The average Bonchev–Trinajstić information content (AvgIpc) is 2.72. The van der Waals surface area contributed by atoms with Crippen molar-refractivity contribution in [1.82, 2.24) is 4.90 Å². The zero-order valence-electron chi connectivity index (χ0n) is 15.7. The Bertz CT molecular complexity index is 802. The van der Waals surface area contributed by atoms with Gasteiger partial charge in [0.15, 0.2) is 5.78 Å². The van der Waals surface area contributed by atoms with Gasteiger partial charge >= 0.3 is 0 Å². The van der Waals surface area contributed by atoms with Crippen LogP contribution in [-0.2, 0) is 4.79 Å². The van der Waals surface area contributed by atoms with E-state index in [1.165, 1.54) is 0 Å². The fraction of sp³-hybridized carbons (Fsp3) is 0.160. The summed E-state index contributed by atoms with van der Waals surface area (Å²) in [6.07, 6.45) is 11.9. The SMILES string of the molecule is CCN1C/C(=C\C=C\c2ccccc2)C(=O)/C(=C/C=C/c2ccccc2)C1. The third kappa shape index (κ3) is 5.50. The number of rotatable bonds is 5. The predicted molar refractivity (Wildman–Crippen MR) is 114 cm³/mol.